The molecule has 17 heavy (non-hydrogen) atoms. The molecule has 1 heterocycles. The number of allylic oxidation sites excluding steroid dienone is 1. The zero-order valence-corrected chi connectivity index (χ0v) is 10.1. The second-order valence-electron chi connectivity index (χ2n) is 4.03. The summed E-state index contributed by atoms with van der Waals surface area (Å²) in [4.78, 5) is 10.8. The molecule has 0 unspecified atom stereocenters. The van der Waals surface area contributed by atoms with E-state index in [4.69, 9.17) is 5.11 Å². The van der Waals surface area contributed by atoms with Crippen LogP contribution >= 0.6 is 0 Å². The van der Waals surface area contributed by atoms with Gasteiger partial charge in [-0.15, -0.1) is 0 Å². The van der Waals surface area contributed by atoms with Crippen LogP contribution in [-0.2, 0) is 21.1 Å². The number of hydrogen-bond acceptors (Lipinski definition) is 3. The lowest BCUT2D eigenvalue weighted by molar-refractivity contribution is -0.136. The van der Waals surface area contributed by atoms with Gasteiger partial charge in [-0.1, -0.05) is 18.2 Å². The Balaban J connectivity index is 2.50. The van der Waals surface area contributed by atoms with Crippen molar-refractivity contribution in [2.24, 2.45) is 0 Å². The Labute approximate surface area is 99.5 Å². The highest BCUT2D eigenvalue weighted by Crippen LogP contribution is 2.35. The summed E-state index contributed by atoms with van der Waals surface area (Å²) in [5, 5.41) is 9.88. The van der Waals surface area contributed by atoms with Gasteiger partial charge in [-0.05, 0) is 30.0 Å². The molecule has 0 bridgehead atoms. The molecule has 0 aliphatic carbocycles. The lowest BCUT2D eigenvalue weighted by Crippen LogP contribution is -2.03. The van der Waals surface area contributed by atoms with Crippen molar-refractivity contribution in [3.63, 3.8) is 0 Å². The van der Waals surface area contributed by atoms with Gasteiger partial charge in [0.15, 0.2) is 0 Å². The minimum Gasteiger partial charge on any atom is -0.481 e. The Hall–Kier alpha value is -1.62. The Bertz CT molecular complexity index is 611. The SMILES string of the molecule is CC1=CS(=O)(=O)c2c(CCC(=O)O)cccc21. The van der Waals surface area contributed by atoms with Gasteiger partial charge >= 0.3 is 5.97 Å². The van der Waals surface area contributed by atoms with Crippen LogP contribution in [0.15, 0.2) is 28.5 Å². The number of carboxylic acids is 1. The molecule has 0 saturated carbocycles. The number of carbonyl (C=O) groups is 1. The number of rotatable bonds is 3. The van der Waals surface area contributed by atoms with Crippen LogP contribution in [0.25, 0.3) is 5.57 Å². The molecule has 5 heteroatoms. The minimum absolute atomic E-state index is 0.0645. The van der Waals surface area contributed by atoms with Crippen LogP contribution in [0, 0.1) is 0 Å². The Morgan fingerprint density at radius 1 is 1.35 bits per heavy atom. The summed E-state index contributed by atoms with van der Waals surface area (Å²) in [6.07, 6.45) is 0.171. The summed E-state index contributed by atoms with van der Waals surface area (Å²) in [5.41, 5.74) is 1.98. The van der Waals surface area contributed by atoms with Crippen LogP contribution in [0.1, 0.15) is 24.5 Å². The monoisotopic (exact) mass is 252 g/mol. The summed E-state index contributed by atoms with van der Waals surface area (Å²) in [6, 6.07) is 5.18. The second-order valence-corrected chi connectivity index (χ2v) is 5.77. The van der Waals surface area contributed by atoms with E-state index < -0.39 is 15.8 Å². The zero-order chi connectivity index (χ0) is 12.6. The molecule has 1 aromatic carbocycles. The van der Waals surface area contributed by atoms with Gasteiger partial charge in [-0.2, -0.15) is 0 Å². The molecule has 0 radical (unpaired) electrons. The molecule has 0 fully saturated rings. The minimum atomic E-state index is -3.39. The van der Waals surface area contributed by atoms with E-state index in [1.54, 1.807) is 25.1 Å². The van der Waals surface area contributed by atoms with E-state index in [9.17, 15) is 13.2 Å². The number of fused-ring (bicyclic) bond motifs is 1. The predicted molar refractivity (Wildman–Crippen MR) is 63.2 cm³/mol. The molecule has 4 nitrogen and oxygen atoms in total. The highest BCUT2D eigenvalue weighted by molar-refractivity contribution is 7.95. The van der Waals surface area contributed by atoms with E-state index >= 15 is 0 Å². The van der Waals surface area contributed by atoms with Crippen molar-refractivity contribution in [1.82, 2.24) is 0 Å². The number of benzene rings is 1. The molecular formula is C12H12O4S. The Kier molecular flexibility index (Phi) is 2.79. The molecule has 0 atom stereocenters. The fourth-order valence-electron chi connectivity index (χ4n) is 2.02. The molecule has 1 N–H and O–H groups in total. The van der Waals surface area contributed by atoms with Gasteiger partial charge in [0, 0.05) is 11.8 Å². The van der Waals surface area contributed by atoms with Crippen molar-refractivity contribution in [2.75, 3.05) is 0 Å². The van der Waals surface area contributed by atoms with E-state index in [0.717, 1.165) is 0 Å². The van der Waals surface area contributed by atoms with Gasteiger partial charge in [0.25, 0.3) is 0 Å². The molecule has 0 amide bonds. The first kappa shape index (κ1) is 11.9. The molecule has 1 aliphatic heterocycles. The molecular weight excluding hydrogens is 240 g/mol. The fourth-order valence-corrected chi connectivity index (χ4v) is 3.81. The van der Waals surface area contributed by atoms with Crippen LogP contribution in [0.5, 0.6) is 0 Å². The molecule has 90 valence electrons. The standard InChI is InChI=1S/C12H12O4S/c1-8-7-17(15,16)12-9(5-6-11(13)14)3-2-4-10(8)12/h2-4,7H,5-6H2,1H3,(H,13,14). The third-order valence-corrected chi connectivity index (χ3v) is 4.46. The number of hydrogen-bond donors (Lipinski definition) is 1. The molecule has 0 spiro atoms. The Morgan fingerprint density at radius 3 is 2.71 bits per heavy atom. The van der Waals surface area contributed by atoms with Crippen LogP contribution in [0.3, 0.4) is 0 Å². The third-order valence-electron chi connectivity index (χ3n) is 2.75. The van der Waals surface area contributed by atoms with E-state index in [2.05, 4.69) is 0 Å². The smallest absolute Gasteiger partial charge is 0.303 e. The summed E-state index contributed by atoms with van der Waals surface area (Å²) >= 11 is 0. The summed E-state index contributed by atoms with van der Waals surface area (Å²) in [6.45, 7) is 1.74. The molecule has 2 rings (SSSR count). The molecule has 1 aliphatic rings. The van der Waals surface area contributed by atoms with E-state index in [1.807, 2.05) is 0 Å². The van der Waals surface area contributed by atoms with E-state index in [1.165, 1.54) is 5.41 Å². The van der Waals surface area contributed by atoms with Crippen LogP contribution in [-0.4, -0.2) is 19.5 Å². The van der Waals surface area contributed by atoms with E-state index in [-0.39, 0.29) is 17.7 Å². The number of sulfone groups is 1. The quantitative estimate of drug-likeness (QED) is 0.891. The average molecular weight is 252 g/mol. The maximum atomic E-state index is 11.9. The van der Waals surface area contributed by atoms with Crippen molar-refractivity contribution >= 4 is 21.4 Å². The maximum Gasteiger partial charge on any atom is 0.303 e. The highest BCUT2D eigenvalue weighted by Gasteiger charge is 2.27. The van der Waals surface area contributed by atoms with Crippen molar-refractivity contribution in [3.05, 3.63) is 34.7 Å². The fraction of sp³-hybridized carbons (Fsp3) is 0.250. The van der Waals surface area contributed by atoms with Gasteiger partial charge in [0.2, 0.25) is 9.84 Å². The summed E-state index contributed by atoms with van der Waals surface area (Å²) in [5.74, 6) is -0.928. The van der Waals surface area contributed by atoms with Gasteiger partial charge in [0.05, 0.1) is 4.90 Å². The molecule has 0 aromatic heterocycles. The van der Waals surface area contributed by atoms with Crippen molar-refractivity contribution in [3.8, 4) is 0 Å². The number of aryl methyl sites for hydroxylation is 1. The second kappa shape index (κ2) is 4.00. The van der Waals surface area contributed by atoms with Gasteiger partial charge in [-0.25, -0.2) is 8.42 Å². The van der Waals surface area contributed by atoms with Gasteiger partial charge in [0.1, 0.15) is 0 Å². The third kappa shape index (κ3) is 2.10. The largest absolute Gasteiger partial charge is 0.481 e. The first-order valence-electron chi connectivity index (χ1n) is 5.19. The first-order chi connectivity index (χ1) is 7.92. The van der Waals surface area contributed by atoms with Crippen LogP contribution in [0.2, 0.25) is 0 Å². The highest BCUT2D eigenvalue weighted by atomic mass is 32.2. The zero-order valence-electron chi connectivity index (χ0n) is 9.30. The first-order valence-corrected chi connectivity index (χ1v) is 6.74. The number of aliphatic carboxylic acids is 1. The number of carboxylic acid groups (broad SMARTS) is 1. The van der Waals surface area contributed by atoms with Crippen LogP contribution < -0.4 is 0 Å². The summed E-state index contributed by atoms with van der Waals surface area (Å²) in [7, 11) is -3.39. The lowest BCUT2D eigenvalue weighted by Gasteiger charge is -2.07. The molecule has 1 aromatic rings. The van der Waals surface area contributed by atoms with E-state index in [0.29, 0.717) is 16.7 Å². The maximum absolute atomic E-state index is 11.9. The van der Waals surface area contributed by atoms with Crippen molar-refractivity contribution < 1.29 is 18.3 Å². The van der Waals surface area contributed by atoms with Crippen molar-refractivity contribution in [1.29, 1.82) is 0 Å². The normalized spacial score (nSPS) is 16.4. The van der Waals surface area contributed by atoms with Gasteiger partial charge < -0.3 is 5.11 Å². The van der Waals surface area contributed by atoms with Gasteiger partial charge in [-0.3, -0.25) is 4.79 Å². The Morgan fingerprint density at radius 2 is 2.06 bits per heavy atom. The molecule has 0 saturated heterocycles. The lowest BCUT2D eigenvalue weighted by atomic mass is 10.0. The predicted octanol–water partition coefficient (Wildman–Crippen LogP) is 1.85. The average Bonchev–Trinajstić information content (AvgIpc) is 2.47. The van der Waals surface area contributed by atoms with Crippen LogP contribution in [0.4, 0.5) is 0 Å². The topological polar surface area (TPSA) is 71.4 Å². The van der Waals surface area contributed by atoms with Crippen molar-refractivity contribution in [2.45, 2.75) is 24.7 Å². The summed E-state index contributed by atoms with van der Waals surface area (Å²) < 4.78 is 23.8.